The fraction of sp³-hybridized carbons (Fsp3) is 0.619. The number of piperidine rings is 1. The zero-order chi connectivity index (χ0) is 21.2. The van der Waals surface area contributed by atoms with Crippen LogP contribution in [0.3, 0.4) is 0 Å². The first-order chi connectivity index (χ1) is 13.7. The van der Waals surface area contributed by atoms with E-state index < -0.39 is 23.2 Å². The van der Waals surface area contributed by atoms with Crippen LogP contribution in [0.25, 0.3) is 0 Å². The maximum atomic E-state index is 13.3. The number of nitrogens with zero attached hydrogens (tertiary/aromatic N) is 2. The zero-order valence-corrected chi connectivity index (χ0v) is 16.5. The summed E-state index contributed by atoms with van der Waals surface area (Å²) in [6.45, 7) is 2.79. The number of carbonyl (C=O) groups excluding carboxylic acids is 2. The standard InChI is InChI=1S/C21H27F3N2O3/c1-15(26-10-4-7-18(26)28)19(29)25-11-8-20(14-27,9-12-25)13-16-5-2-3-6-17(16)21(22,23)24/h2-3,5-6,15,27H,4,7-14H2,1H3. The van der Waals surface area contributed by atoms with Gasteiger partial charge in [0, 0.05) is 38.1 Å². The molecule has 0 radical (unpaired) electrons. The highest BCUT2D eigenvalue weighted by Gasteiger charge is 2.41. The second-order valence-electron chi connectivity index (χ2n) is 8.18. The number of aliphatic hydroxyl groups excluding tert-OH is 1. The lowest BCUT2D eigenvalue weighted by Crippen LogP contribution is -2.52. The maximum absolute atomic E-state index is 13.3. The molecule has 1 aromatic rings. The number of carbonyl (C=O) groups is 2. The first-order valence-electron chi connectivity index (χ1n) is 10.0. The molecule has 0 spiro atoms. The third kappa shape index (κ3) is 4.57. The topological polar surface area (TPSA) is 60.9 Å². The Morgan fingerprint density at radius 1 is 1.21 bits per heavy atom. The molecule has 1 N–H and O–H groups in total. The molecule has 5 nitrogen and oxygen atoms in total. The van der Waals surface area contributed by atoms with Gasteiger partial charge >= 0.3 is 6.18 Å². The summed E-state index contributed by atoms with van der Waals surface area (Å²) in [7, 11) is 0. The Balaban J connectivity index is 1.68. The minimum Gasteiger partial charge on any atom is -0.396 e. The van der Waals surface area contributed by atoms with Gasteiger partial charge < -0.3 is 14.9 Å². The van der Waals surface area contributed by atoms with Gasteiger partial charge in [0.2, 0.25) is 11.8 Å². The van der Waals surface area contributed by atoms with Crippen LogP contribution in [0.4, 0.5) is 13.2 Å². The lowest BCUT2D eigenvalue weighted by Gasteiger charge is -2.42. The molecule has 160 valence electrons. The van der Waals surface area contributed by atoms with Crippen LogP contribution in [-0.2, 0) is 22.2 Å². The Hall–Kier alpha value is -2.09. The van der Waals surface area contributed by atoms with E-state index in [4.69, 9.17) is 0 Å². The van der Waals surface area contributed by atoms with Gasteiger partial charge in [-0.25, -0.2) is 0 Å². The van der Waals surface area contributed by atoms with E-state index in [1.165, 1.54) is 12.1 Å². The molecule has 1 atom stereocenters. The molecule has 0 bridgehead atoms. The van der Waals surface area contributed by atoms with E-state index in [0.717, 1.165) is 12.5 Å². The fourth-order valence-electron chi connectivity index (χ4n) is 4.42. The molecule has 2 heterocycles. The Kier molecular flexibility index (Phi) is 6.22. The average molecular weight is 412 g/mol. The largest absolute Gasteiger partial charge is 0.416 e. The zero-order valence-electron chi connectivity index (χ0n) is 16.5. The summed E-state index contributed by atoms with van der Waals surface area (Å²) in [4.78, 5) is 28.0. The number of rotatable bonds is 5. The molecule has 3 rings (SSSR count). The van der Waals surface area contributed by atoms with Crippen LogP contribution >= 0.6 is 0 Å². The van der Waals surface area contributed by atoms with Gasteiger partial charge in [-0.05, 0) is 44.2 Å². The summed E-state index contributed by atoms with van der Waals surface area (Å²) < 4.78 is 40.0. The monoisotopic (exact) mass is 412 g/mol. The van der Waals surface area contributed by atoms with Crippen molar-refractivity contribution >= 4 is 11.8 Å². The predicted molar refractivity (Wildman–Crippen MR) is 101 cm³/mol. The first-order valence-corrected chi connectivity index (χ1v) is 10.0. The number of aliphatic hydroxyl groups is 1. The highest BCUT2D eigenvalue weighted by atomic mass is 19.4. The van der Waals surface area contributed by atoms with E-state index in [1.54, 1.807) is 22.8 Å². The van der Waals surface area contributed by atoms with Crippen molar-refractivity contribution in [2.45, 2.75) is 51.2 Å². The lowest BCUT2D eigenvalue weighted by molar-refractivity contribution is -0.144. The van der Waals surface area contributed by atoms with Crippen molar-refractivity contribution in [2.24, 2.45) is 5.41 Å². The van der Waals surface area contributed by atoms with E-state index >= 15 is 0 Å². The van der Waals surface area contributed by atoms with Crippen LogP contribution < -0.4 is 0 Å². The molecule has 0 aromatic heterocycles. The molecule has 0 saturated carbocycles. The molecule has 1 unspecified atom stereocenters. The van der Waals surface area contributed by atoms with Gasteiger partial charge in [0.15, 0.2) is 0 Å². The highest BCUT2D eigenvalue weighted by Crippen LogP contribution is 2.39. The molecule has 8 heteroatoms. The number of likely N-dealkylation sites (tertiary alicyclic amines) is 2. The van der Waals surface area contributed by atoms with Gasteiger partial charge in [0.25, 0.3) is 0 Å². The van der Waals surface area contributed by atoms with Gasteiger partial charge in [0.05, 0.1) is 5.56 Å². The number of hydrogen-bond donors (Lipinski definition) is 1. The van der Waals surface area contributed by atoms with Crippen molar-refractivity contribution in [3.8, 4) is 0 Å². The quantitative estimate of drug-likeness (QED) is 0.809. The summed E-state index contributed by atoms with van der Waals surface area (Å²) in [6.07, 6.45) is -2.28. The van der Waals surface area contributed by atoms with Crippen molar-refractivity contribution in [1.29, 1.82) is 0 Å². The van der Waals surface area contributed by atoms with Crippen molar-refractivity contribution in [3.05, 3.63) is 35.4 Å². The van der Waals surface area contributed by atoms with Crippen LogP contribution in [0.1, 0.15) is 43.7 Å². The van der Waals surface area contributed by atoms with E-state index in [1.807, 2.05) is 0 Å². The lowest BCUT2D eigenvalue weighted by atomic mass is 9.73. The van der Waals surface area contributed by atoms with Gasteiger partial charge in [0.1, 0.15) is 6.04 Å². The van der Waals surface area contributed by atoms with E-state index in [0.29, 0.717) is 38.9 Å². The van der Waals surface area contributed by atoms with Crippen LogP contribution in [0.2, 0.25) is 0 Å². The molecule has 0 aliphatic carbocycles. The van der Waals surface area contributed by atoms with Gasteiger partial charge in [-0.2, -0.15) is 13.2 Å². The molecular weight excluding hydrogens is 385 g/mol. The fourth-order valence-corrected chi connectivity index (χ4v) is 4.42. The minimum atomic E-state index is -4.44. The Morgan fingerprint density at radius 3 is 2.41 bits per heavy atom. The molecule has 29 heavy (non-hydrogen) atoms. The molecule has 2 aliphatic rings. The second kappa shape index (κ2) is 8.34. The summed E-state index contributed by atoms with van der Waals surface area (Å²) in [6, 6.07) is 4.92. The number of halogens is 3. The van der Waals surface area contributed by atoms with Crippen molar-refractivity contribution in [2.75, 3.05) is 26.2 Å². The van der Waals surface area contributed by atoms with Crippen LogP contribution in [-0.4, -0.2) is 59.0 Å². The predicted octanol–water partition coefficient (Wildman–Crippen LogP) is 2.86. The smallest absolute Gasteiger partial charge is 0.396 e. The van der Waals surface area contributed by atoms with Crippen molar-refractivity contribution in [1.82, 2.24) is 9.80 Å². The Morgan fingerprint density at radius 2 is 1.86 bits per heavy atom. The van der Waals surface area contributed by atoms with Gasteiger partial charge in [-0.1, -0.05) is 18.2 Å². The molecule has 1 aromatic carbocycles. The number of benzene rings is 1. The number of alkyl halides is 3. The summed E-state index contributed by atoms with van der Waals surface area (Å²) >= 11 is 0. The van der Waals surface area contributed by atoms with E-state index in [9.17, 15) is 27.9 Å². The van der Waals surface area contributed by atoms with Crippen LogP contribution in [0.15, 0.2) is 24.3 Å². The van der Waals surface area contributed by atoms with Gasteiger partial charge in [-0.15, -0.1) is 0 Å². The molecule has 2 fully saturated rings. The molecule has 2 aliphatic heterocycles. The van der Waals surface area contributed by atoms with Gasteiger partial charge in [-0.3, -0.25) is 9.59 Å². The molecule has 2 saturated heterocycles. The SMILES string of the molecule is CC(C(=O)N1CCC(CO)(Cc2ccccc2C(F)(F)F)CC1)N1CCCC1=O. The first kappa shape index (κ1) is 21.6. The molecular formula is C21H27F3N2O3. The number of hydrogen-bond acceptors (Lipinski definition) is 3. The summed E-state index contributed by atoms with van der Waals surface area (Å²) in [5, 5.41) is 10.0. The van der Waals surface area contributed by atoms with E-state index in [2.05, 4.69) is 0 Å². The third-order valence-corrected chi connectivity index (χ3v) is 6.29. The highest BCUT2D eigenvalue weighted by molar-refractivity contribution is 5.88. The average Bonchev–Trinajstić information content (AvgIpc) is 3.13. The summed E-state index contributed by atoms with van der Waals surface area (Å²) in [5.41, 5.74) is -1.19. The second-order valence-corrected chi connectivity index (χ2v) is 8.18. The van der Waals surface area contributed by atoms with Crippen LogP contribution in [0, 0.1) is 5.41 Å². The van der Waals surface area contributed by atoms with Crippen molar-refractivity contribution < 1.29 is 27.9 Å². The normalized spacial score (nSPS) is 20.8. The van der Waals surface area contributed by atoms with Crippen molar-refractivity contribution in [3.63, 3.8) is 0 Å². The third-order valence-electron chi connectivity index (χ3n) is 6.29. The Bertz CT molecular complexity index is 758. The van der Waals surface area contributed by atoms with Crippen LogP contribution in [0.5, 0.6) is 0 Å². The minimum absolute atomic E-state index is 0.0173. The number of amides is 2. The molecule has 2 amide bonds. The summed E-state index contributed by atoms with van der Waals surface area (Å²) in [5.74, 6) is -0.154. The van der Waals surface area contributed by atoms with E-state index in [-0.39, 0.29) is 30.4 Å². The Labute approximate surface area is 168 Å². The maximum Gasteiger partial charge on any atom is 0.416 e.